The first kappa shape index (κ1) is 16.6. The zero-order chi connectivity index (χ0) is 14.3. The number of carbonyl (C=O) groups is 1. The SMILES string of the molecule is CCCC(O)CNC(=O)CSc1cc(Cl)ccc1Cl. The normalized spacial score (nSPS) is 12.2. The molecule has 6 heteroatoms. The number of aliphatic hydroxyl groups is 1. The fraction of sp³-hybridized carbons (Fsp3) is 0.462. The fourth-order valence-electron chi connectivity index (χ4n) is 1.45. The van der Waals surface area contributed by atoms with Gasteiger partial charge in [-0.3, -0.25) is 4.79 Å². The molecule has 1 rings (SSSR count). The minimum absolute atomic E-state index is 0.129. The molecule has 0 fully saturated rings. The van der Waals surface area contributed by atoms with Crippen LogP contribution in [0, 0.1) is 0 Å². The molecule has 1 atom stereocenters. The molecule has 0 saturated carbocycles. The van der Waals surface area contributed by atoms with E-state index in [0.29, 0.717) is 16.5 Å². The van der Waals surface area contributed by atoms with Crippen molar-refractivity contribution in [2.75, 3.05) is 12.3 Å². The Balaban J connectivity index is 2.35. The van der Waals surface area contributed by atoms with Crippen LogP contribution in [0.4, 0.5) is 0 Å². The van der Waals surface area contributed by atoms with E-state index in [1.165, 1.54) is 11.8 Å². The first-order valence-corrected chi connectivity index (χ1v) is 7.79. The third-order valence-electron chi connectivity index (χ3n) is 2.41. The van der Waals surface area contributed by atoms with E-state index in [1.807, 2.05) is 6.92 Å². The van der Waals surface area contributed by atoms with Gasteiger partial charge in [-0.05, 0) is 24.6 Å². The minimum atomic E-state index is -0.478. The standard InChI is InChI=1S/C13H17Cl2NO2S/c1-2-3-10(17)7-16-13(18)8-19-12-6-9(14)4-5-11(12)15/h4-6,10,17H,2-3,7-8H2,1H3,(H,16,18). The van der Waals surface area contributed by atoms with E-state index in [2.05, 4.69) is 5.32 Å². The van der Waals surface area contributed by atoms with Crippen LogP contribution in [0.3, 0.4) is 0 Å². The monoisotopic (exact) mass is 321 g/mol. The van der Waals surface area contributed by atoms with Gasteiger partial charge in [0.15, 0.2) is 0 Å². The molecule has 0 saturated heterocycles. The van der Waals surface area contributed by atoms with Gasteiger partial charge in [-0.1, -0.05) is 36.5 Å². The number of aliphatic hydroxyl groups excluding tert-OH is 1. The number of halogens is 2. The molecule has 0 aliphatic carbocycles. The number of nitrogens with one attached hydrogen (secondary N) is 1. The lowest BCUT2D eigenvalue weighted by atomic mass is 10.2. The quantitative estimate of drug-likeness (QED) is 0.757. The Kier molecular flexibility index (Phi) is 7.61. The van der Waals surface area contributed by atoms with E-state index in [1.54, 1.807) is 18.2 Å². The van der Waals surface area contributed by atoms with Crippen molar-refractivity contribution in [3.8, 4) is 0 Å². The Morgan fingerprint density at radius 1 is 1.47 bits per heavy atom. The van der Waals surface area contributed by atoms with Gasteiger partial charge in [-0.2, -0.15) is 0 Å². The summed E-state index contributed by atoms with van der Waals surface area (Å²) in [4.78, 5) is 12.4. The van der Waals surface area contributed by atoms with Gasteiger partial charge >= 0.3 is 0 Å². The Morgan fingerprint density at radius 3 is 2.89 bits per heavy atom. The van der Waals surface area contributed by atoms with Crippen LogP contribution in [0.25, 0.3) is 0 Å². The molecule has 0 radical (unpaired) electrons. The van der Waals surface area contributed by atoms with E-state index >= 15 is 0 Å². The average Bonchev–Trinajstić information content (AvgIpc) is 2.38. The van der Waals surface area contributed by atoms with Crippen LogP contribution in [-0.4, -0.2) is 29.4 Å². The summed E-state index contributed by atoms with van der Waals surface area (Å²) >= 11 is 13.2. The van der Waals surface area contributed by atoms with Gasteiger partial charge in [0.05, 0.1) is 16.9 Å². The molecule has 1 amide bonds. The van der Waals surface area contributed by atoms with Crippen molar-refractivity contribution in [2.24, 2.45) is 0 Å². The van der Waals surface area contributed by atoms with E-state index < -0.39 is 6.10 Å². The van der Waals surface area contributed by atoms with Gasteiger partial charge in [-0.15, -0.1) is 11.8 Å². The summed E-state index contributed by atoms with van der Waals surface area (Å²) < 4.78 is 0. The zero-order valence-electron chi connectivity index (χ0n) is 10.7. The van der Waals surface area contributed by atoms with Crippen molar-refractivity contribution >= 4 is 40.9 Å². The molecule has 3 nitrogen and oxygen atoms in total. The molecule has 0 bridgehead atoms. The van der Waals surface area contributed by atoms with Gasteiger partial charge in [0.2, 0.25) is 5.91 Å². The number of thioether (sulfide) groups is 1. The van der Waals surface area contributed by atoms with Gasteiger partial charge < -0.3 is 10.4 Å². The molecule has 1 aromatic carbocycles. The maximum atomic E-state index is 11.6. The Labute approximate surface area is 127 Å². The van der Waals surface area contributed by atoms with Crippen molar-refractivity contribution in [3.63, 3.8) is 0 Å². The van der Waals surface area contributed by atoms with E-state index in [0.717, 1.165) is 11.3 Å². The molecule has 106 valence electrons. The van der Waals surface area contributed by atoms with Crippen LogP contribution in [0.5, 0.6) is 0 Å². The van der Waals surface area contributed by atoms with Crippen LogP contribution in [0.2, 0.25) is 10.0 Å². The lowest BCUT2D eigenvalue weighted by Crippen LogP contribution is -2.33. The average molecular weight is 322 g/mol. The van der Waals surface area contributed by atoms with E-state index in [4.69, 9.17) is 23.2 Å². The number of amides is 1. The molecule has 19 heavy (non-hydrogen) atoms. The van der Waals surface area contributed by atoms with Gasteiger partial charge in [0.1, 0.15) is 0 Å². The first-order chi connectivity index (χ1) is 9.02. The number of hydrogen-bond acceptors (Lipinski definition) is 3. The Hall–Kier alpha value is -0.420. The third-order valence-corrected chi connectivity index (χ3v) is 4.14. The Bertz CT molecular complexity index is 429. The largest absolute Gasteiger partial charge is 0.391 e. The highest BCUT2D eigenvalue weighted by Crippen LogP contribution is 2.29. The summed E-state index contributed by atoms with van der Waals surface area (Å²) in [7, 11) is 0. The van der Waals surface area contributed by atoms with E-state index in [-0.39, 0.29) is 18.2 Å². The first-order valence-electron chi connectivity index (χ1n) is 6.05. The molecule has 0 aliphatic rings. The summed E-state index contributed by atoms with van der Waals surface area (Å²) in [6.45, 7) is 2.28. The van der Waals surface area contributed by atoms with Crippen LogP contribution in [0.1, 0.15) is 19.8 Å². The van der Waals surface area contributed by atoms with Gasteiger partial charge in [-0.25, -0.2) is 0 Å². The van der Waals surface area contributed by atoms with Gasteiger partial charge in [0, 0.05) is 16.5 Å². The highest BCUT2D eigenvalue weighted by Gasteiger charge is 2.08. The highest BCUT2D eigenvalue weighted by atomic mass is 35.5. The predicted octanol–water partition coefficient (Wildman–Crippen LogP) is 3.36. The molecule has 0 heterocycles. The molecular weight excluding hydrogens is 305 g/mol. The maximum absolute atomic E-state index is 11.6. The summed E-state index contributed by atoms with van der Waals surface area (Å²) in [5.41, 5.74) is 0. The summed E-state index contributed by atoms with van der Waals surface area (Å²) in [5.74, 6) is 0.120. The molecule has 0 spiro atoms. The molecule has 1 aromatic rings. The topological polar surface area (TPSA) is 49.3 Å². The predicted molar refractivity (Wildman–Crippen MR) is 81.1 cm³/mol. The second kappa shape index (κ2) is 8.69. The van der Waals surface area contributed by atoms with Crippen LogP contribution < -0.4 is 5.32 Å². The number of rotatable bonds is 7. The molecule has 2 N–H and O–H groups in total. The summed E-state index contributed by atoms with van der Waals surface area (Å²) in [6, 6.07) is 5.14. The smallest absolute Gasteiger partial charge is 0.230 e. The molecular formula is C13H17Cl2NO2S. The highest BCUT2D eigenvalue weighted by molar-refractivity contribution is 8.00. The summed E-state index contributed by atoms with van der Waals surface area (Å²) in [5, 5.41) is 13.4. The van der Waals surface area contributed by atoms with Crippen molar-refractivity contribution in [2.45, 2.75) is 30.8 Å². The number of carbonyl (C=O) groups excluding carboxylic acids is 1. The van der Waals surface area contributed by atoms with Crippen molar-refractivity contribution in [1.82, 2.24) is 5.32 Å². The molecule has 1 unspecified atom stereocenters. The second-order valence-electron chi connectivity index (χ2n) is 4.11. The number of hydrogen-bond donors (Lipinski definition) is 2. The second-order valence-corrected chi connectivity index (χ2v) is 5.97. The fourth-order valence-corrected chi connectivity index (χ4v) is 2.77. The lowest BCUT2D eigenvalue weighted by molar-refractivity contribution is -0.119. The van der Waals surface area contributed by atoms with Crippen LogP contribution >= 0.6 is 35.0 Å². The minimum Gasteiger partial charge on any atom is -0.391 e. The third kappa shape index (κ3) is 6.52. The van der Waals surface area contributed by atoms with Crippen LogP contribution in [-0.2, 0) is 4.79 Å². The lowest BCUT2D eigenvalue weighted by Gasteiger charge is -2.10. The molecule has 0 aromatic heterocycles. The molecule has 0 aliphatic heterocycles. The number of benzene rings is 1. The Morgan fingerprint density at radius 2 is 2.21 bits per heavy atom. The van der Waals surface area contributed by atoms with Crippen molar-refractivity contribution in [1.29, 1.82) is 0 Å². The van der Waals surface area contributed by atoms with Crippen molar-refractivity contribution in [3.05, 3.63) is 28.2 Å². The van der Waals surface area contributed by atoms with Crippen LogP contribution in [0.15, 0.2) is 23.1 Å². The zero-order valence-corrected chi connectivity index (χ0v) is 13.0. The summed E-state index contributed by atoms with van der Waals surface area (Å²) in [6.07, 6.45) is 1.10. The van der Waals surface area contributed by atoms with Gasteiger partial charge in [0.25, 0.3) is 0 Å². The van der Waals surface area contributed by atoms with E-state index in [9.17, 15) is 9.90 Å². The maximum Gasteiger partial charge on any atom is 0.230 e. The van der Waals surface area contributed by atoms with Crippen molar-refractivity contribution < 1.29 is 9.90 Å².